The molecule has 0 aromatic heterocycles. The molecule has 1 N–H and O–H groups in total. The molecule has 2 aromatic carbocycles. The van der Waals surface area contributed by atoms with Crippen molar-refractivity contribution in [3.05, 3.63) is 41.5 Å². The van der Waals surface area contributed by atoms with Gasteiger partial charge in [-0.1, -0.05) is 251 Å². The van der Waals surface area contributed by atoms with Gasteiger partial charge in [0.1, 0.15) is 5.56 Å². The van der Waals surface area contributed by atoms with Gasteiger partial charge in [0.15, 0.2) is 17.8 Å². The van der Waals surface area contributed by atoms with Crippen LogP contribution in [0.15, 0.2) is 30.3 Å². The van der Waals surface area contributed by atoms with Crippen molar-refractivity contribution in [2.45, 2.75) is 252 Å². The zero-order valence-electron chi connectivity index (χ0n) is 40.9. The van der Waals surface area contributed by atoms with Gasteiger partial charge in [-0.3, -0.25) is 4.79 Å². The van der Waals surface area contributed by atoms with Crippen molar-refractivity contribution in [2.24, 2.45) is 0 Å². The van der Waals surface area contributed by atoms with E-state index in [-0.39, 0.29) is 34.3 Å². The third kappa shape index (κ3) is 27.0. The number of benzene rings is 2. The minimum absolute atomic E-state index is 0.0864. The Bertz CT molecular complexity index is 1380. The van der Waals surface area contributed by atoms with E-state index >= 15 is 0 Å². The fourth-order valence-electron chi connectivity index (χ4n) is 8.35. The van der Waals surface area contributed by atoms with Gasteiger partial charge in [0.2, 0.25) is 17.2 Å². The second-order valence-electron chi connectivity index (χ2n) is 18.2. The Morgan fingerprint density at radius 3 is 1.02 bits per heavy atom. The lowest BCUT2D eigenvalue weighted by molar-refractivity contribution is 0.0724. The van der Waals surface area contributed by atoms with Gasteiger partial charge in [0, 0.05) is 0 Å². The molecule has 0 fully saturated rings. The molecule has 0 aliphatic rings. The molecule has 0 atom stereocenters. The van der Waals surface area contributed by atoms with Crippen LogP contribution in [0.5, 0.6) is 28.7 Å². The van der Waals surface area contributed by atoms with Gasteiger partial charge in [-0.25, -0.2) is 4.79 Å². The summed E-state index contributed by atoms with van der Waals surface area (Å²) in [6, 6.07) is 8.66. The summed E-state index contributed by atoms with van der Waals surface area (Å²) < 4.78 is 25.2. The lowest BCUT2D eigenvalue weighted by atomic mass is 10.1. The van der Waals surface area contributed by atoms with Crippen molar-refractivity contribution in [1.82, 2.24) is 0 Å². The minimum atomic E-state index is -0.648. The minimum Gasteiger partial charge on any atom is -0.504 e. The van der Waals surface area contributed by atoms with Crippen LogP contribution in [0, 0.1) is 0 Å². The highest BCUT2D eigenvalue weighted by molar-refractivity contribution is 5.96. The van der Waals surface area contributed by atoms with E-state index in [4.69, 9.17) is 18.9 Å². The lowest BCUT2D eigenvalue weighted by Gasteiger charge is -2.22. The molecule has 0 amide bonds. The van der Waals surface area contributed by atoms with E-state index in [1.807, 2.05) is 6.07 Å². The molecule has 0 saturated heterocycles. The summed E-state index contributed by atoms with van der Waals surface area (Å²) in [4.78, 5) is 26.2. The maximum atomic E-state index is 13.5. The van der Waals surface area contributed by atoms with Crippen molar-refractivity contribution in [3.63, 3.8) is 0 Å². The molecule has 0 heterocycles. The Hall–Kier alpha value is -3.22. The van der Waals surface area contributed by atoms with Crippen LogP contribution in [0.4, 0.5) is 0 Å². The third-order valence-corrected chi connectivity index (χ3v) is 12.4. The summed E-state index contributed by atoms with van der Waals surface area (Å²) in [6.45, 7) is 7.88. The number of carbonyl (C=O) groups is 2. The molecule has 2 aromatic rings. The molecule has 360 valence electrons. The number of rotatable bonds is 45. The van der Waals surface area contributed by atoms with E-state index in [1.165, 1.54) is 173 Å². The van der Waals surface area contributed by atoms with E-state index in [2.05, 4.69) is 20.8 Å². The number of aldehydes is 1. The van der Waals surface area contributed by atoms with E-state index < -0.39 is 5.97 Å². The highest BCUT2D eigenvalue weighted by Gasteiger charge is 2.31. The van der Waals surface area contributed by atoms with Crippen LogP contribution < -0.4 is 18.9 Å². The Morgan fingerprint density at radius 1 is 0.413 bits per heavy atom. The van der Waals surface area contributed by atoms with Crippen LogP contribution in [0.25, 0.3) is 0 Å². The summed E-state index contributed by atoms with van der Waals surface area (Å²) in [5.74, 6) is -0.727. The zero-order chi connectivity index (χ0) is 45.3. The molecule has 0 spiro atoms. The molecule has 0 aliphatic heterocycles. The number of aromatic hydroxyl groups is 1. The molecule has 0 bridgehead atoms. The largest absolute Gasteiger partial charge is 0.504 e. The first kappa shape index (κ1) is 55.9. The predicted octanol–water partition coefficient (Wildman–Crippen LogP) is 17.7. The number of phenols is 1. The van der Waals surface area contributed by atoms with Gasteiger partial charge < -0.3 is 24.1 Å². The highest BCUT2D eigenvalue weighted by atomic mass is 16.6. The molecule has 0 radical (unpaired) electrons. The fourth-order valence-corrected chi connectivity index (χ4v) is 8.35. The first-order valence-corrected chi connectivity index (χ1v) is 26.6. The zero-order valence-corrected chi connectivity index (χ0v) is 40.9. The van der Waals surface area contributed by atoms with Crippen molar-refractivity contribution in [3.8, 4) is 28.7 Å². The summed E-state index contributed by atoms with van der Waals surface area (Å²) in [6.07, 6.45) is 44.8. The fraction of sp³-hybridized carbons (Fsp3) is 0.750. The van der Waals surface area contributed by atoms with Crippen LogP contribution in [0.2, 0.25) is 0 Å². The maximum Gasteiger partial charge on any atom is 0.343 e. The topological polar surface area (TPSA) is 91.3 Å². The van der Waals surface area contributed by atoms with Gasteiger partial charge in [-0.2, -0.15) is 0 Å². The van der Waals surface area contributed by atoms with Crippen LogP contribution >= 0.6 is 0 Å². The van der Waals surface area contributed by atoms with E-state index in [9.17, 15) is 14.7 Å². The highest BCUT2D eigenvalue weighted by Crippen LogP contribution is 2.53. The number of esters is 1. The molecule has 0 saturated carbocycles. The molecular formula is C56H94O7. The third-order valence-electron chi connectivity index (χ3n) is 12.4. The second-order valence-corrected chi connectivity index (χ2v) is 18.2. The first-order chi connectivity index (χ1) is 31.1. The SMILES string of the molecule is CCCCCCCCCCCCCCOc1c(O)c(C=O)c(OC(=O)c2ccccc2)c(OCCCCCCCCCCCCCC)c1OCCCCCCCCCCCCCC. The van der Waals surface area contributed by atoms with Gasteiger partial charge in [-0.15, -0.1) is 0 Å². The molecule has 0 unspecified atom stereocenters. The van der Waals surface area contributed by atoms with E-state index in [1.54, 1.807) is 24.3 Å². The molecule has 7 heteroatoms. The standard InChI is InChI=1S/C56H94O7/c1-4-7-10-13-16-19-22-25-28-31-34-40-45-60-53-51(58)50(48-57)52(63-56(59)49-43-38-37-39-44-49)54(61-46-41-35-32-29-26-23-20-17-14-11-8-5-2)55(53)62-47-42-36-33-30-27-24-21-18-15-12-9-6-3/h37-39,43-44,48,58H,4-36,40-42,45-47H2,1-3H3. The van der Waals surface area contributed by atoms with Gasteiger partial charge in [0.05, 0.1) is 25.4 Å². The Kier molecular flexibility index (Phi) is 35.8. The quantitative estimate of drug-likeness (QED) is 0.0307. The number of ether oxygens (including phenoxy) is 4. The smallest absolute Gasteiger partial charge is 0.343 e. The molecule has 0 aliphatic carbocycles. The Balaban J connectivity index is 2.12. The van der Waals surface area contributed by atoms with Crippen molar-refractivity contribution in [2.75, 3.05) is 19.8 Å². The lowest BCUT2D eigenvalue weighted by Crippen LogP contribution is -2.14. The number of phenolic OH excluding ortho intramolecular Hbond substituents is 1. The summed E-state index contributed by atoms with van der Waals surface area (Å²) >= 11 is 0. The predicted molar refractivity (Wildman–Crippen MR) is 265 cm³/mol. The van der Waals surface area contributed by atoms with Crippen LogP contribution in [0.1, 0.15) is 273 Å². The number of unbranched alkanes of at least 4 members (excludes halogenated alkanes) is 33. The average molecular weight is 879 g/mol. The summed E-state index contributed by atoms with van der Waals surface area (Å²) in [5.41, 5.74) is 0.151. The van der Waals surface area contributed by atoms with Gasteiger partial charge in [0.25, 0.3) is 0 Å². The summed E-state index contributed by atoms with van der Waals surface area (Å²) in [5, 5.41) is 11.7. The van der Waals surface area contributed by atoms with Crippen molar-refractivity contribution >= 4 is 12.3 Å². The second kappa shape index (κ2) is 40.3. The molecule has 63 heavy (non-hydrogen) atoms. The van der Waals surface area contributed by atoms with E-state index in [0.29, 0.717) is 31.7 Å². The van der Waals surface area contributed by atoms with Gasteiger partial charge in [-0.05, 0) is 31.4 Å². The van der Waals surface area contributed by atoms with Crippen molar-refractivity contribution in [1.29, 1.82) is 0 Å². The molecule has 7 nitrogen and oxygen atoms in total. The van der Waals surface area contributed by atoms with Crippen LogP contribution in [-0.4, -0.2) is 37.2 Å². The monoisotopic (exact) mass is 879 g/mol. The molecular weight excluding hydrogens is 785 g/mol. The maximum absolute atomic E-state index is 13.5. The Labute approximate surface area is 386 Å². The van der Waals surface area contributed by atoms with E-state index in [0.717, 1.165) is 57.8 Å². The van der Waals surface area contributed by atoms with Crippen LogP contribution in [0.3, 0.4) is 0 Å². The Morgan fingerprint density at radius 2 is 0.698 bits per heavy atom. The number of hydrogen-bond acceptors (Lipinski definition) is 7. The summed E-state index contributed by atoms with van der Waals surface area (Å²) in [7, 11) is 0. The average Bonchev–Trinajstić information content (AvgIpc) is 3.30. The normalized spacial score (nSPS) is 11.2. The molecule has 2 rings (SSSR count). The van der Waals surface area contributed by atoms with Crippen molar-refractivity contribution < 1.29 is 33.6 Å². The van der Waals surface area contributed by atoms with Gasteiger partial charge >= 0.3 is 5.97 Å². The number of hydrogen-bond donors (Lipinski definition) is 1. The first-order valence-electron chi connectivity index (χ1n) is 26.6. The van der Waals surface area contributed by atoms with Crippen LogP contribution in [-0.2, 0) is 0 Å². The number of carbonyl (C=O) groups excluding carboxylic acids is 2.